The predicted molar refractivity (Wildman–Crippen MR) is 77.9 cm³/mol. The van der Waals surface area contributed by atoms with Gasteiger partial charge in [-0.2, -0.15) is 0 Å². The first-order chi connectivity index (χ1) is 8.47. The van der Waals surface area contributed by atoms with Crippen molar-refractivity contribution in [3.63, 3.8) is 0 Å². The molecule has 2 heteroatoms. The van der Waals surface area contributed by atoms with Crippen LogP contribution in [-0.2, 0) is 12.0 Å². The van der Waals surface area contributed by atoms with E-state index in [0.29, 0.717) is 0 Å². The Balaban J connectivity index is 2.23. The monoisotopic (exact) mass is 259 g/mol. The van der Waals surface area contributed by atoms with Crippen molar-refractivity contribution in [2.45, 2.75) is 25.8 Å². The second-order valence-electron chi connectivity index (χ2n) is 5.09. The molecular formula is C16H18ClN. The summed E-state index contributed by atoms with van der Waals surface area (Å²) in [6, 6.07) is 16.3. The Labute approximate surface area is 114 Å². The van der Waals surface area contributed by atoms with E-state index in [-0.39, 0.29) is 0 Å². The zero-order chi connectivity index (χ0) is 13.2. The molecule has 1 atom stereocenters. The highest BCUT2D eigenvalue weighted by atomic mass is 35.5. The maximum absolute atomic E-state index is 6.42. The molecule has 0 spiro atoms. The van der Waals surface area contributed by atoms with Crippen LogP contribution in [0.2, 0.25) is 5.02 Å². The zero-order valence-electron chi connectivity index (χ0n) is 10.8. The molecule has 2 N–H and O–H groups in total. The van der Waals surface area contributed by atoms with E-state index in [2.05, 4.69) is 31.2 Å². The lowest BCUT2D eigenvalue weighted by molar-refractivity contribution is 0.491. The van der Waals surface area contributed by atoms with Gasteiger partial charge in [-0.25, -0.2) is 0 Å². The summed E-state index contributed by atoms with van der Waals surface area (Å²) >= 11 is 6.02. The molecule has 0 saturated heterocycles. The molecule has 2 aromatic carbocycles. The molecule has 0 aliphatic carbocycles. The van der Waals surface area contributed by atoms with E-state index in [1.807, 2.05) is 31.2 Å². The van der Waals surface area contributed by atoms with E-state index < -0.39 is 5.54 Å². The van der Waals surface area contributed by atoms with Crippen LogP contribution in [0, 0.1) is 6.92 Å². The fourth-order valence-corrected chi connectivity index (χ4v) is 2.27. The summed E-state index contributed by atoms with van der Waals surface area (Å²) < 4.78 is 0. The Hall–Kier alpha value is -1.31. The largest absolute Gasteiger partial charge is 0.321 e. The SMILES string of the molecule is Cc1ccc(CC(C)(N)c2cccc(Cl)c2)cc1. The van der Waals surface area contributed by atoms with Gasteiger partial charge < -0.3 is 5.73 Å². The molecule has 0 aliphatic rings. The van der Waals surface area contributed by atoms with Gasteiger partial charge in [-0.15, -0.1) is 0 Å². The number of aryl methyl sites for hydroxylation is 1. The van der Waals surface area contributed by atoms with Crippen molar-refractivity contribution in [1.29, 1.82) is 0 Å². The third-order valence-electron chi connectivity index (χ3n) is 3.18. The summed E-state index contributed by atoms with van der Waals surface area (Å²) in [6.45, 7) is 4.13. The molecule has 1 nitrogen and oxygen atoms in total. The molecule has 0 saturated carbocycles. The van der Waals surface area contributed by atoms with Crippen molar-refractivity contribution < 1.29 is 0 Å². The van der Waals surface area contributed by atoms with Crippen LogP contribution in [0.4, 0.5) is 0 Å². The Kier molecular flexibility index (Phi) is 3.74. The van der Waals surface area contributed by atoms with E-state index in [9.17, 15) is 0 Å². The van der Waals surface area contributed by atoms with Crippen LogP contribution < -0.4 is 5.73 Å². The normalized spacial score (nSPS) is 14.2. The van der Waals surface area contributed by atoms with Crippen molar-refractivity contribution in [2.75, 3.05) is 0 Å². The zero-order valence-corrected chi connectivity index (χ0v) is 11.5. The Morgan fingerprint density at radius 3 is 2.39 bits per heavy atom. The maximum Gasteiger partial charge on any atom is 0.0422 e. The quantitative estimate of drug-likeness (QED) is 0.884. The molecule has 2 rings (SSSR count). The molecule has 0 heterocycles. The summed E-state index contributed by atoms with van der Waals surface area (Å²) in [6.07, 6.45) is 0.799. The first-order valence-electron chi connectivity index (χ1n) is 6.08. The molecule has 94 valence electrons. The summed E-state index contributed by atoms with van der Waals surface area (Å²) in [4.78, 5) is 0. The van der Waals surface area contributed by atoms with Crippen LogP contribution in [0.5, 0.6) is 0 Å². The molecule has 0 aliphatic heterocycles. The molecule has 0 radical (unpaired) electrons. The summed E-state index contributed by atoms with van der Waals surface area (Å²) in [5.41, 5.74) is 9.59. The van der Waals surface area contributed by atoms with Crippen LogP contribution >= 0.6 is 11.6 Å². The van der Waals surface area contributed by atoms with Gasteiger partial charge in [-0.3, -0.25) is 0 Å². The minimum atomic E-state index is -0.403. The van der Waals surface area contributed by atoms with Gasteiger partial charge in [0.25, 0.3) is 0 Å². The molecule has 0 aromatic heterocycles. The first-order valence-corrected chi connectivity index (χ1v) is 6.46. The molecule has 2 aromatic rings. The summed E-state index contributed by atoms with van der Waals surface area (Å²) in [5.74, 6) is 0. The molecule has 0 fully saturated rings. The van der Waals surface area contributed by atoms with Gasteiger partial charge in [0.2, 0.25) is 0 Å². The van der Waals surface area contributed by atoms with Crippen molar-refractivity contribution in [2.24, 2.45) is 5.73 Å². The van der Waals surface area contributed by atoms with Gasteiger partial charge in [-0.1, -0.05) is 53.6 Å². The minimum absolute atomic E-state index is 0.403. The third-order valence-corrected chi connectivity index (χ3v) is 3.41. The Morgan fingerprint density at radius 2 is 1.78 bits per heavy atom. The number of rotatable bonds is 3. The fourth-order valence-electron chi connectivity index (χ4n) is 2.08. The summed E-state index contributed by atoms with van der Waals surface area (Å²) in [7, 11) is 0. The Morgan fingerprint density at radius 1 is 1.11 bits per heavy atom. The molecular weight excluding hydrogens is 242 g/mol. The fraction of sp³-hybridized carbons (Fsp3) is 0.250. The highest BCUT2D eigenvalue weighted by molar-refractivity contribution is 6.30. The minimum Gasteiger partial charge on any atom is -0.321 e. The molecule has 0 bridgehead atoms. The highest BCUT2D eigenvalue weighted by Gasteiger charge is 2.21. The van der Waals surface area contributed by atoms with E-state index in [1.165, 1.54) is 11.1 Å². The van der Waals surface area contributed by atoms with Crippen LogP contribution in [0.1, 0.15) is 23.6 Å². The Bertz CT molecular complexity index is 529. The van der Waals surface area contributed by atoms with Gasteiger partial charge in [0.1, 0.15) is 0 Å². The number of hydrogen-bond donors (Lipinski definition) is 1. The lowest BCUT2D eigenvalue weighted by Gasteiger charge is -2.25. The topological polar surface area (TPSA) is 26.0 Å². The van der Waals surface area contributed by atoms with Crippen molar-refractivity contribution in [3.8, 4) is 0 Å². The number of hydrogen-bond acceptors (Lipinski definition) is 1. The van der Waals surface area contributed by atoms with E-state index in [0.717, 1.165) is 17.0 Å². The number of benzene rings is 2. The van der Waals surface area contributed by atoms with Gasteiger partial charge in [0.15, 0.2) is 0 Å². The second kappa shape index (κ2) is 5.13. The van der Waals surface area contributed by atoms with Crippen molar-refractivity contribution >= 4 is 11.6 Å². The van der Waals surface area contributed by atoms with Gasteiger partial charge in [-0.05, 0) is 43.5 Å². The van der Waals surface area contributed by atoms with E-state index in [4.69, 9.17) is 17.3 Å². The summed E-state index contributed by atoms with van der Waals surface area (Å²) in [5, 5.41) is 0.730. The average Bonchev–Trinajstić information content (AvgIpc) is 2.32. The van der Waals surface area contributed by atoms with Crippen LogP contribution in [0.15, 0.2) is 48.5 Å². The van der Waals surface area contributed by atoms with Crippen molar-refractivity contribution in [3.05, 3.63) is 70.2 Å². The lowest BCUT2D eigenvalue weighted by Crippen LogP contribution is -2.35. The molecule has 18 heavy (non-hydrogen) atoms. The molecule has 0 amide bonds. The molecule has 1 unspecified atom stereocenters. The van der Waals surface area contributed by atoms with Gasteiger partial charge in [0, 0.05) is 10.6 Å². The first kappa shape index (κ1) is 13.1. The van der Waals surface area contributed by atoms with Crippen LogP contribution in [-0.4, -0.2) is 0 Å². The van der Waals surface area contributed by atoms with Crippen molar-refractivity contribution in [1.82, 2.24) is 0 Å². The standard InChI is InChI=1S/C16H18ClN/c1-12-6-8-13(9-7-12)11-16(2,18)14-4-3-5-15(17)10-14/h3-10H,11,18H2,1-2H3. The van der Waals surface area contributed by atoms with E-state index >= 15 is 0 Å². The predicted octanol–water partition coefficient (Wildman–Crippen LogP) is 4.07. The number of nitrogens with two attached hydrogens (primary N) is 1. The van der Waals surface area contributed by atoms with Gasteiger partial charge in [0.05, 0.1) is 0 Å². The highest BCUT2D eigenvalue weighted by Crippen LogP contribution is 2.25. The van der Waals surface area contributed by atoms with Crippen LogP contribution in [0.3, 0.4) is 0 Å². The number of halogens is 1. The van der Waals surface area contributed by atoms with Crippen LogP contribution in [0.25, 0.3) is 0 Å². The second-order valence-corrected chi connectivity index (χ2v) is 5.53. The lowest BCUT2D eigenvalue weighted by atomic mass is 9.86. The van der Waals surface area contributed by atoms with Gasteiger partial charge >= 0.3 is 0 Å². The third kappa shape index (κ3) is 3.12. The smallest absolute Gasteiger partial charge is 0.0422 e. The van der Waals surface area contributed by atoms with E-state index in [1.54, 1.807) is 0 Å². The maximum atomic E-state index is 6.42. The average molecular weight is 260 g/mol.